The van der Waals surface area contributed by atoms with Crippen LogP contribution in [-0.4, -0.2) is 15.2 Å². The molecule has 0 fully saturated rings. The summed E-state index contributed by atoms with van der Waals surface area (Å²) in [5.74, 6) is 1.81. The van der Waals surface area contributed by atoms with Gasteiger partial charge in [-0.3, -0.25) is 5.10 Å². The van der Waals surface area contributed by atoms with Crippen LogP contribution in [-0.2, 0) is 13.2 Å². The number of para-hydroxylation sites is 1. The molecule has 2 rings (SSSR count). The van der Waals surface area contributed by atoms with Gasteiger partial charge in [0, 0.05) is 0 Å². The molecule has 84 valence electrons. The van der Waals surface area contributed by atoms with Crippen molar-refractivity contribution in [2.24, 2.45) is 5.73 Å². The van der Waals surface area contributed by atoms with Crippen molar-refractivity contribution in [3.8, 4) is 5.75 Å². The quantitative estimate of drug-likeness (QED) is 0.846. The van der Waals surface area contributed by atoms with Gasteiger partial charge >= 0.3 is 0 Å². The van der Waals surface area contributed by atoms with Crippen LogP contribution in [0.15, 0.2) is 24.3 Å². The summed E-state index contributed by atoms with van der Waals surface area (Å²) in [5, 5.41) is 7.20. The zero-order valence-electron chi connectivity index (χ0n) is 8.48. The molecule has 0 aliphatic heterocycles. The SMILES string of the molecule is NCc1n[nH]c(COc2ccccc2Cl)n1. The van der Waals surface area contributed by atoms with E-state index in [1.165, 1.54) is 0 Å². The first-order chi connectivity index (χ1) is 7.79. The minimum atomic E-state index is 0.288. The van der Waals surface area contributed by atoms with Gasteiger partial charge in [0.2, 0.25) is 0 Å². The minimum Gasteiger partial charge on any atom is -0.484 e. The number of rotatable bonds is 4. The van der Waals surface area contributed by atoms with Gasteiger partial charge < -0.3 is 10.5 Å². The highest BCUT2D eigenvalue weighted by molar-refractivity contribution is 6.32. The Morgan fingerprint density at radius 2 is 2.19 bits per heavy atom. The molecule has 6 heteroatoms. The van der Waals surface area contributed by atoms with E-state index < -0.39 is 0 Å². The summed E-state index contributed by atoms with van der Waals surface area (Å²) in [6.07, 6.45) is 0. The molecule has 3 N–H and O–H groups in total. The van der Waals surface area contributed by atoms with Crippen molar-refractivity contribution in [1.82, 2.24) is 15.2 Å². The van der Waals surface area contributed by atoms with Crippen LogP contribution in [0.5, 0.6) is 5.75 Å². The second-order valence-corrected chi connectivity index (χ2v) is 3.53. The lowest BCUT2D eigenvalue weighted by Crippen LogP contribution is -2.00. The second-order valence-electron chi connectivity index (χ2n) is 3.12. The number of hydrogen-bond acceptors (Lipinski definition) is 4. The van der Waals surface area contributed by atoms with Crippen LogP contribution in [0.1, 0.15) is 11.6 Å². The van der Waals surface area contributed by atoms with E-state index in [0.29, 0.717) is 29.0 Å². The molecule has 0 aliphatic carbocycles. The highest BCUT2D eigenvalue weighted by atomic mass is 35.5. The normalized spacial score (nSPS) is 10.4. The van der Waals surface area contributed by atoms with Crippen molar-refractivity contribution in [2.45, 2.75) is 13.2 Å². The van der Waals surface area contributed by atoms with E-state index in [9.17, 15) is 0 Å². The topological polar surface area (TPSA) is 76.8 Å². The zero-order valence-corrected chi connectivity index (χ0v) is 9.24. The molecule has 0 aliphatic rings. The summed E-state index contributed by atoms with van der Waals surface area (Å²) in [5.41, 5.74) is 5.39. The molecular weight excluding hydrogens is 228 g/mol. The number of benzene rings is 1. The summed E-state index contributed by atoms with van der Waals surface area (Å²) in [4.78, 5) is 4.11. The fourth-order valence-electron chi connectivity index (χ4n) is 1.20. The van der Waals surface area contributed by atoms with Gasteiger partial charge in [-0.05, 0) is 12.1 Å². The number of nitrogens with one attached hydrogen (secondary N) is 1. The Hall–Kier alpha value is -1.59. The molecule has 0 saturated carbocycles. The molecule has 0 radical (unpaired) electrons. The number of aromatic amines is 1. The Morgan fingerprint density at radius 3 is 2.88 bits per heavy atom. The Kier molecular flexibility index (Phi) is 3.38. The molecule has 0 unspecified atom stereocenters. The molecule has 0 bridgehead atoms. The van der Waals surface area contributed by atoms with Gasteiger partial charge in [-0.15, -0.1) is 0 Å². The molecule has 16 heavy (non-hydrogen) atoms. The van der Waals surface area contributed by atoms with Crippen LogP contribution >= 0.6 is 11.6 Å². The number of aromatic nitrogens is 3. The van der Waals surface area contributed by atoms with Crippen LogP contribution in [0.2, 0.25) is 5.02 Å². The van der Waals surface area contributed by atoms with E-state index in [1.54, 1.807) is 12.1 Å². The lowest BCUT2D eigenvalue weighted by molar-refractivity contribution is 0.296. The van der Waals surface area contributed by atoms with E-state index in [1.807, 2.05) is 12.1 Å². The van der Waals surface area contributed by atoms with Crippen molar-refractivity contribution in [2.75, 3.05) is 0 Å². The minimum absolute atomic E-state index is 0.288. The largest absolute Gasteiger partial charge is 0.484 e. The first kappa shape index (κ1) is 10.9. The molecule has 0 atom stereocenters. The molecule has 0 amide bonds. The van der Waals surface area contributed by atoms with Gasteiger partial charge in [0.15, 0.2) is 11.6 Å². The molecule has 0 saturated heterocycles. The average Bonchev–Trinajstić information content (AvgIpc) is 2.76. The van der Waals surface area contributed by atoms with Crippen LogP contribution in [0.3, 0.4) is 0 Å². The lowest BCUT2D eigenvalue weighted by Gasteiger charge is -2.04. The number of hydrogen-bond donors (Lipinski definition) is 2. The van der Waals surface area contributed by atoms with E-state index >= 15 is 0 Å². The van der Waals surface area contributed by atoms with Crippen molar-refractivity contribution in [1.29, 1.82) is 0 Å². The number of halogens is 1. The van der Waals surface area contributed by atoms with Crippen molar-refractivity contribution < 1.29 is 4.74 Å². The predicted molar refractivity (Wildman–Crippen MR) is 60.1 cm³/mol. The third kappa shape index (κ3) is 2.50. The summed E-state index contributed by atoms with van der Waals surface area (Å²) in [6.45, 7) is 0.597. The van der Waals surface area contributed by atoms with E-state index in [-0.39, 0.29) is 6.61 Å². The summed E-state index contributed by atoms with van der Waals surface area (Å²) in [6, 6.07) is 7.26. The van der Waals surface area contributed by atoms with Gasteiger partial charge in [0.25, 0.3) is 0 Å². The molecule has 1 heterocycles. The number of nitrogens with two attached hydrogens (primary N) is 1. The maximum absolute atomic E-state index is 5.93. The number of nitrogens with zero attached hydrogens (tertiary/aromatic N) is 2. The first-order valence-corrected chi connectivity index (χ1v) is 5.15. The number of ether oxygens (including phenoxy) is 1. The second kappa shape index (κ2) is 4.96. The smallest absolute Gasteiger partial charge is 0.164 e. The first-order valence-electron chi connectivity index (χ1n) is 4.77. The fraction of sp³-hybridized carbons (Fsp3) is 0.200. The van der Waals surface area contributed by atoms with Crippen LogP contribution in [0.4, 0.5) is 0 Å². The Bertz CT molecular complexity index is 471. The van der Waals surface area contributed by atoms with Gasteiger partial charge in [-0.2, -0.15) is 5.10 Å². The third-order valence-corrected chi connectivity index (χ3v) is 2.27. The van der Waals surface area contributed by atoms with E-state index in [2.05, 4.69) is 15.2 Å². The van der Waals surface area contributed by atoms with Gasteiger partial charge in [0.05, 0.1) is 11.6 Å². The summed E-state index contributed by atoms with van der Waals surface area (Å²) < 4.78 is 5.47. The molecule has 0 spiro atoms. The zero-order chi connectivity index (χ0) is 11.4. The average molecular weight is 239 g/mol. The molecule has 1 aromatic carbocycles. The van der Waals surface area contributed by atoms with Gasteiger partial charge in [-0.25, -0.2) is 4.98 Å². The Labute approximate surface area is 97.6 Å². The fourth-order valence-corrected chi connectivity index (χ4v) is 1.39. The highest BCUT2D eigenvalue weighted by Crippen LogP contribution is 2.23. The summed E-state index contributed by atoms with van der Waals surface area (Å²) in [7, 11) is 0. The lowest BCUT2D eigenvalue weighted by atomic mass is 10.3. The highest BCUT2D eigenvalue weighted by Gasteiger charge is 2.04. The summed E-state index contributed by atoms with van der Waals surface area (Å²) >= 11 is 5.93. The number of H-pyrrole nitrogens is 1. The van der Waals surface area contributed by atoms with Crippen LogP contribution in [0, 0.1) is 0 Å². The molecule has 1 aromatic heterocycles. The van der Waals surface area contributed by atoms with Crippen molar-refractivity contribution in [3.63, 3.8) is 0 Å². The van der Waals surface area contributed by atoms with E-state index in [4.69, 9.17) is 22.1 Å². The van der Waals surface area contributed by atoms with Crippen molar-refractivity contribution in [3.05, 3.63) is 40.9 Å². The van der Waals surface area contributed by atoms with Crippen molar-refractivity contribution >= 4 is 11.6 Å². The maximum atomic E-state index is 5.93. The van der Waals surface area contributed by atoms with Crippen LogP contribution in [0.25, 0.3) is 0 Å². The van der Waals surface area contributed by atoms with Gasteiger partial charge in [-0.1, -0.05) is 23.7 Å². The van der Waals surface area contributed by atoms with Gasteiger partial charge in [0.1, 0.15) is 12.4 Å². The van der Waals surface area contributed by atoms with Crippen LogP contribution < -0.4 is 10.5 Å². The monoisotopic (exact) mass is 238 g/mol. The Balaban J connectivity index is 1.99. The Morgan fingerprint density at radius 1 is 1.38 bits per heavy atom. The standard InChI is InChI=1S/C10H11ClN4O/c11-7-3-1-2-4-8(7)16-6-10-13-9(5-12)14-15-10/h1-4H,5-6,12H2,(H,13,14,15). The predicted octanol–water partition coefficient (Wildman–Crippen LogP) is 1.50. The molecule has 2 aromatic rings. The van der Waals surface area contributed by atoms with E-state index in [0.717, 1.165) is 0 Å². The maximum Gasteiger partial charge on any atom is 0.164 e. The molecular formula is C10H11ClN4O. The molecule has 5 nitrogen and oxygen atoms in total. The third-order valence-electron chi connectivity index (χ3n) is 1.96.